The molecule has 1 aliphatic heterocycles. The summed E-state index contributed by atoms with van der Waals surface area (Å²) in [6, 6.07) is 0. The van der Waals surface area contributed by atoms with Crippen LogP contribution in [0.4, 0.5) is 8.78 Å². The highest BCUT2D eigenvalue weighted by molar-refractivity contribution is 5.80. The van der Waals surface area contributed by atoms with Crippen LogP contribution in [0.3, 0.4) is 0 Å². The van der Waals surface area contributed by atoms with Crippen LogP contribution in [0.25, 0.3) is 0 Å². The predicted octanol–water partition coefficient (Wildman–Crippen LogP) is -0.0194. The number of terminal acetylenes is 1. The Morgan fingerprint density at radius 1 is 1.71 bits per heavy atom. The third-order valence-electron chi connectivity index (χ3n) is 2.16. The Morgan fingerprint density at radius 3 is 3.00 bits per heavy atom. The number of nitrogens with one attached hydrogen (secondary N) is 2. The topological polar surface area (TPSA) is 41.1 Å². The fraction of sp³-hybridized carbons (Fsp3) is 0.667. The van der Waals surface area contributed by atoms with Gasteiger partial charge in [-0.25, -0.2) is 8.78 Å². The highest BCUT2D eigenvalue weighted by atomic mass is 19.3. The quantitative estimate of drug-likeness (QED) is 0.618. The monoisotopic (exact) mass is 202 g/mol. The predicted molar refractivity (Wildman–Crippen MR) is 47.8 cm³/mol. The van der Waals surface area contributed by atoms with Gasteiger partial charge in [0.2, 0.25) is 5.91 Å². The molecule has 1 amide bonds. The van der Waals surface area contributed by atoms with Crippen molar-refractivity contribution in [2.75, 3.05) is 19.6 Å². The van der Waals surface area contributed by atoms with E-state index in [0.717, 1.165) is 0 Å². The van der Waals surface area contributed by atoms with Crippen molar-refractivity contribution in [2.24, 2.45) is 5.92 Å². The molecule has 0 aromatic rings. The van der Waals surface area contributed by atoms with Crippen LogP contribution in [0, 0.1) is 18.3 Å². The highest BCUT2D eigenvalue weighted by Crippen LogP contribution is 2.29. The third kappa shape index (κ3) is 2.42. The first-order valence-corrected chi connectivity index (χ1v) is 4.37. The Labute approximate surface area is 81.2 Å². The Kier molecular flexibility index (Phi) is 3.42. The number of halogens is 2. The summed E-state index contributed by atoms with van der Waals surface area (Å²) in [6.07, 6.45) is 5.05. The van der Waals surface area contributed by atoms with Crippen LogP contribution in [0.1, 0.15) is 6.42 Å². The molecule has 1 fully saturated rings. The van der Waals surface area contributed by atoms with E-state index < -0.39 is 24.3 Å². The smallest absolute Gasteiger partial charge is 0.271 e. The third-order valence-corrected chi connectivity index (χ3v) is 2.16. The number of alkyl halides is 2. The molecule has 0 radical (unpaired) electrons. The van der Waals surface area contributed by atoms with Crippen LogP contribution in [0.5, 0.6) is 0 Å². The van der Waals surface area contributed by atoms with Gasteiger partial charge in [0, 0.05) is 0 Å². The molecule has 0 aliphatic carbocycles. The van der Waals surface area contributed by atoms with Gasteiger partial charge in [-0.05, 0) is 13.0 Å². The van der Waals surface area contributed by atoms with Gasteiger partial charge in [0.25, 0.3) is 5.92 Å². The van der Waals surface area contributed by atoms with Crippen LogP contribution in [0.15, 0.2) is 0 Å². The zero-order chi connectivity index (χ0) is 10.6. The Hall–Kier alpha value is -1.15. The molecule has 1 unspecified atom stereocenters. The van der Waals surface area contributed by atoms with E-state index in [2.05, 4.69) is 16.6 Å². The summed E-state index contributed by atoms with van der Waals surface area (Å²) in [7, 11) is 0. The molecule has 1 rings (SSSR count). The van der Waals surface area contributed by atoms with Crippen molar-refractivity contribution in [3.05, 3.63) is 0 Å². The molecule has 0 spiro atoms. The summed E-state index contributed by atoms with van der Waals surface area (Å²) in [5.74, 6) is -2.71. The standard InChI is InChI=1S/C9H12F2N2O/c1-2-4-13-8(14)7-3-5-12-6-9(7,10)11/h1,7,12H,3-6H2,(H,13,14). The summed E-state index contributed by atoms with van der Waals surface area (Å²) in [4.78, 5) is 11.3. The molecular formula is C9H12F2N2O. The van der Waals surface area contributed by atoms with E-state index in [0.29, 0.717) is 6.54 Å². The molecule has 1 aliphatic rings. The molecule has 0 aromatic heterocycles. The molecule has 1 heterocycles. The summed E-state index contributed by atoms with van der Waals surface area (Å²) in [5, 5.41) is 4.82. The summed E-state index contributed by atoms with van der Waals surface area (Å²) in [6.45, 7) is -0.0102. The number of rotatable bonds is 2. The molecule has 1 saturated heterocycles. The van der Waals surface area contributed by atoms with Crippen molar-refractivity contribution >= 4 is 5.91 Å². The van der Waals surface area contributed by atoms with Crippen molar-refractivity contribution < 1.29 is 13.6 Å². The number of hydrogen-bond acceptors (Lipinski definition) is 2. The van der Waals surface area contributed by atoms with Crippen LogP contribution in [-0.2, 0) is 4.79 Å². The lowest BCUT2D eigenvalue weighted by Crippen LogP contribution is -2.52. The zero-order valence-corrected chi connectivity index (χ0v) is 7.65. The second-order valence-electron chi connectivity index (χ2n) is 3.20. The van der Waals surface area contributed by atoms with Crippen molar-refractivity contribution in [3.63, 3.8) is 0 Å². The maximum Gasteiger partial charge on any atom is 0.271 e. The molecule has 0 saturated carbocycles. The average molecular weight is 202 g/mol. The first-order chi connectivity index (χ1) is 6.58. The van der Waals surface area contributed by atoms with E-state index in [9.17, 15) is 13.6 Å². The summed E-state index contributed by atoms with van der Waals surface area (Å²) in [5.41, 5.74) is 0. The van der Waals surface area contributed by atoms with Crippen molar-refractivity contribution in [1.82, 2.24) is 10.6 Å². The number of carbonyl (C=O) groups is 1. The zero-order valence-electron chi connectivity index (χ0n) is 7.65. The van der Waals surface area contributed by atoms with Gasteiger partial charge in [0.15, 0.2) is 0 Å². The highest BCUT2D eigenvalue weighted by Gasteiger charge is 2.45. The normalized spacial score (nSPS) is 25.1. The second-order valence-corrected chi connectivity index (χ2v) is 3.20. The van der Waals surface area contributed by atoms with Crippen LogP contribution in [0.2, 0.25) is 0 Å². The molecule has 0 aromatic carbocycles. The second kappa shape index (κ2) is 4.38. The van der Waals surface area contributed by atoms with Gasteiger partial charge >= 0.3 is 0 Å². The minimum atomic E-state index is -2.98. The first kappa shape index (κ1) is 10.9. The van der Waals surface area contributed by atoms with Gasteiger partial charge in [-0.1, -0.05) is 5.92 Å². The minimum Gasteiger partial charge on any atom is -0.345 e. The number of carbonyl (C=O) groups excluding carboxylic acids is 1. The number of hydrogen-bond donors (Lipinski definition) is 2. The van der Waals surface area contributed by atoms with Gasteiger partial charge in [-0.3, -0.25) is 4.79 Å². The SMILES string of the molecule is C#CCNC(=O)C1CCNCC1(F)F. The Morgan fingerprint density at radius 2 is 2.43 bits per heavy atom. The average Bonchev–Trinajstić information content (AvgIpc) is 2.13. The summed E-state index contributed by atoms with van der Waals surface area (Å²) < 4.78 is 26.3. The fourth-order valence-electron chi connectivity index (χ4n) is 1.42. The molecular weight excluding hydrogens is 190 g/mol. The van der Waals surface area contributed by atoms with Gasteiger partial charge < -0.3 is 10.6 Å². The van der Waals surface area contributed by atoms with Gasteiger partial charge in [0.1, 0.15) is 5.92 Å². The molecule has 5 heteroatoms. The van der Waals surface area contributed by atoms with E-state index in [1.807, 2.05) is 0 Å². The van der Waals surface area contributed by atoms with Crippen molar-refractivity contribution in [3.8, 4) is 12.3 Å². The number of amides is 1. The van der Waals surface area contributed by atoms with Gasteiger partial charge in [-0.2, -0.15) is 0 Å². The lowest BCUT2D eigenvalue weighted by molar-refractivity contribution is -0.142. The molecule has 2 N–H and O–H groups in total. The Bertz CT molecular complexity index is 260. The largest absolute Gasteiger partial charge is 0.345 e. The van der Waals surface area contributed by atoms with E-state index in [4.69, 9.17) is 6.42 Å². The van der Waals surface area contributed by atoms with Crippen molar-refractivity contribution in [2.45, 2.75) is 12.3 Å². The van der Waals surface area contributed by atoms with E-state index in [1.165, 1.54) is 0 Å². The molecule has 78 valence electrons. The minimum absolute atomic E-state index is 0.00115. The number of piperidine rings is 1. The van der Waals surface area contributed by atoms with E-state index in [1.54, 1.807) is 0 Å². The van der Waals surface area contributed by atoms with E-state index >= 15 is 0 Å². The van der Waals surface area contributed by atoms with Crippen LogP contribution >= 0.6 is 0 Å². The lowest BCUT2D eigenvalue weighted by Gasteiger charge is -2.30. The maximum absolute atomic E-state index is 13.2. The van der Waals surface area contributed by atoms with Gasteiger partial charge in [0.05, 0.1) is 13.1 Å². The van der Waals surface area contributed by atoms with Gasteiger partial charge in [-0.15, -0.1) is 6.42 Å². The van der Waals surface area contributed by atoms with Crippen LogP contribution < -0.4 is 10.6 Å². The molecule has 3 nitrogen and oxygen atoms in total. The molecule has 0 bridgehead atoms. The molecule has 1 atom stereocenters. The lowest BCUT2D eigenvalue weighted by atomic mass is 9.93. The summed E-state index contributed by atoms with van der Waals surface area (Å²) >= 11 is 0. The maximum atomic E-state index is 13.2. The van der Waals surface area contributed by atoms with E-state index in [-0.39, 0.29) is 13.0 Å². The van der Waals surface area contributed by atoms with Crippen LogP contribution in [-0.4, -0.2) is 31.5 Å². The van der Waals surface area contributed by atoms with Crippen molar-refractivity contribution in [1.29, 1.82) is 0 Å². The Balaban J connectivity index is 2.56. The first-order valence-electron chi connectivity index (χ1n) is 4.37. The fourth-order valence-corrected chi connectivity index (χ4v) is 1.42. The molecule has 14 heavy (non-hydrogen) atoms.